The molecule has 1 atom stereocenters. The molecule has 0 bridgehead atoms. The van der Waals surface area contributed by atoms with Crippen molar-refractivity contribution in [3.05, 3.63) is 29.3 Å². The van der Waals surface area contributed by atoms with E-state index in [1.807, 2.05) is 6.92 Å². The van der Waals surface area contributed by atoms with Crippen LogP contribution in [0.4, 0.5) is 0 Å². The summed E-state index contributed by atoms with van der Waals surface area (Å²) in [6, 6.07) is 4.69. The Bertz CT molecular complexity index is 757. The van der Waals surface area contributed by atoms with E-state index in [9.17, 15) is 18.0 Å². The van der Waals surface area contributed by atoms with Crippen molar-refractivity contribution in [3.8, 4) is 0 Å². The van der Waals surface area contributed by atoms with E-state index >= 15 is 0 Å². The van der Waals surface area contributed by atoms with Crippen LogP contribution in [0.2, 0.25) is 0 Å². The first-order valence-electron chi connectivity index (χ1n) is 8.39. The van der Waals surface area contributed by atoms with Crippen molar-refractivity contribution in [3.63, 3.8) is 0 Å². The summed E-state index contributed by atoms with van der Waals surface area (Å²) in [5.74, 6) is -1.28. The van der Waals surface area contributed by atoms with E-state index in [4.69, 9.17) is 9.47 Å². The van der Waals surface area contributed by atoms with Crippen LogP contribution in [0, 0.1) is 13.8 Å². The predicted octanol–water partition coefficient (Wildman–Crippen LogP) is 0.420. The van der Waals surface area contributed by atoms with Crippen molar-refractivity contribution in [2.24, 2.45) is 0 Å². The molecule has 9 heteroatoms. The highest BCUT2D eigenvalue weighted by Crippen LogP contribution is 2.14. The van der Waals surface area contributed by atoms with Crippen molar-refractivity contribution in [1.29, 1.82) is 0 Å². The minimum atomic E-state index is -3.82. The smallest absolute Gasteiger partial charge is 0.321 e. The predicted molar refractivity (Wildman–Crippen MR) is 94.0 cm³/mol. The third-order valence-electron chi connectivity index (χ3n) is 4.11. The molecule has 0 spiro atoms. The molecule has 1 aromatic carbocycles. The lowest BCUT2D eigenvalue weighted by molar-refractivity contribution is -0.147. The van der Waals surface area contributed by atoms with Crippen LogP contribution in [-0.4, -0.2) is 52.7 Å². The number of esters is 1. The van der Waals surface area contributed by atoms with E-state index in [0.717, 1.165) is 24.0 Å². The number of hydrogen-bond acceptors (Lipinski definition) is 6. The van der Waals surface area contributed by atoms with Gasteiger partial charge in [0.1, 0.15) is 6.54 Å². The van der Waals surface area contributed by atoms with Gasteiger partial charge in [-0.25, -0.2) is 8.42 Å². The second kappa shape index (κ2) is 9.11. The first-order chi connectivity index (χ1) is 12.3. The number of rotatable bonds is 8. The second-order valence-electron chi connectivity index (χ2n) is 6.17. The summed E-state index contributed by atoms with van der Waals surface area (Å²) >= 11 is 0. The summed E-state index contributed by atoms with van der Waals surface area (Å²) in [4.78, 5) is 23.3. The average Bonchev–Trinajstić information content (AvgIpc) is 3.12. The zero-order valence-corrected chi connectivity index (χ0v) is 15.7. The normalized spacial score (nSPS) is 17.1. The van der Waals surface area contributed by atoms with Crippen molar-refractivity contribution < 1.29 is 27.5 Å². The number of ether oxygens (including phenoxy) is 2. The Kier molecular flexibility index (Phi) is 7.13. The molecule has 0 aromatic heterocycles. The van der Waals surface area contributed by atoms with Gasteiger partial charge >= 0.3 is 5.97 Å². The highest BCUT2D eigenvalue weighted by molar-refractivity contribution is 7.89. The number of aryl methyl sites for hydroxylation is 2. The lowest BCUT2D eigenvalue weighted by Crippen LogP contribution is -2.36. The van der Waals surface area contributed by atoms with Gasteiger partial charge in [0.05, 0.1) is 11.0 Å². The zero-order valence-electron chi connectivity index (χ0n) is 14.9. The molecule has 26 heavy (non-hydrogen) atoms. The van der Waals surface area contributed by atoms with Gasteiger partial charge in [-0.15, -0.1) is 0 Å². The van der Waals surface area contributed by atoms with E-state index in [2.05, 4.69) is 10.0 Å². The molecule has 0 saturated carbocycles. The minimum absolute atomic E-state index is 0.000531. The molecule has 2 rings (SSSR count). The van der Waals surface area contributed by atoms with E-state index in [1.165, 1.54) is 12.1 Å². The minimum Gasteiger partial charge on any atom is -0.455 e. The molecule has 1 aromatic rings. The zero-order chi connectivity index (χ0) is 19.2. The molecular formula is C17H24N2O6S. The number of amides is 1. The Morgan fingerprint density at radius 1 is 1.27 bits per heavy atom. The molecule has 144 valence electrons. The highest BCUT2D eigenvalue weighted by atomic mass is 32.2. The summed E-state index contributed by atoms with van der Waals surface area (Å²) < 4.78 is 36.7. The largest absolute Gasteiger partial charge is 0.455 e. The van der Waals surface area contributed by atoms with E-state index in [1.54, 1.807) is 13.0 Å². The average molecular weight is 384 g/mol. The maximum atomic E-state index is 12.2. The van der Waals surface area contributed by atoms with Gasteiger partial charge in [-0.1, -0.05) is 6.07 Å². The third kappa shape index (κ3) is 6.08. The van der Waals surface area contributed by atoms with E-state index in [-0.39, 0.29) is 11.0 Å². The molecule has 1 amide bonds. The molecule has 8 nitrogen and oxygen atoms in total. The Balaban J connectivity index is 1.73. The standard InChI is InChI=1S/C17H24N2O6S/c1-12-5-6-15(8-13(12)2)26(22,23)19-10-17(21)25-11-16(20)18-9-14-4-3-7-24-14/h5-6,8,14,19H,3-4,7,9-11H2,1-2H3,(H,18,20)/t14-/m0/s1. The fraction of sp³-hybridized carbons (Fsp3) is 0.529. The first-order valence-corrected chi connectivity index (χ1v) is 9.87. The number of nitrogens with one attached hydrogen (secondary N) is 2. The Labute approximate surface area is 153 Å². The molecule has 1 aliphatic heterocycles. The Morgan fingerprint density at radius 2 is 2.04 bits per heavy atom. The van der Waals surface area contributed by atoms with Gasteiger partial charge in [-0.3, -0.25) is 9.59 Å². The monoisotopic (exact) mass is 384 g/mol. The number of carbonyl (C=O) groups excluding carboxylic acids is 2. The van der Waals surface area contributed by atoms with Crippen molar-refractivity contribution >= 4 is 21.9 Å². The van der Waals surface area contributed by atoms with Crippen LogP contribution in [0.25, 0.3) is 0 Å². The number of hydrogen-bond donors (Lipinski definition) is 2. The summed E-state index contributed by atoms with van der Waals surface area (Å²) in [5.41, 5.74) is 1.80. The molecule has 1 saturated heterocycles. The van der Waals surface area contributed by atoms with Gasteiger partial charge in [0.15, 0.2) is 6.61 Å². The molecule has 1 aliphatic rings. The highest BCUT2D eigenvalue weighted by Gasteiger charge is 2.18. The number of benzene rings is 1. The lowest BCUT2D eigenvalue weighted by Gasteiger charge is -2.11. The SMILES string of the molecule is Cc1ccc(S(=O)(=O)NCC(=O)OCC(=O)NC[C@@H]2CCCO2)cc1C. The summed E-state index contributed by atoms with van der Waals surface area (Å²) in [6.07, 6.45) is 1.86. The van der Waals surface area contributed by atoms with Gasteiger partial charge in [0.2, 0.25) is 10.0 Å². The van der Waals surface area contributed by atoms with Crippen LogP contribution < -0.4 is 10.0 Å². The second-order valence-corrected chi connectivity index (χ2v) is 7.94. The molecule has 0 aliphatic carbocycles. The van der Waals surface area contributed by atoms with Crippen LogP contribution >= 0.6 is 0 Å². The summed E-state index contributed by atoms with van der Waals surface area (Å²) in [6.45, 7) is 3.73. The van der Waals surface area contributed by atoms with Crippen LogP contribution in [-0.2, 0) is 29.1 Å². The fourth-order valence-electron chi connectivity index (χ4n) is 2.40. The number of carbonyl (C=O) groups is 2. The maximum absolute atomic E-state index is 12.2. The van der Waals surface area contributed by atoms with Crippen molar-refractivity contribution in [2.45, 2.75) is 37.7 Å². The molecule has 1 heterocycles. The van der Waals surface area contributed by atoms with Crippen LogP contribution in [0.5, 0.6) is 0 Å². The van der Waals surface area contributed by atoms with Crippen LogP contribution in [0.3, 0.4) is 0 Å². The van der Waals surface area contributed by atoms with E-state index < -0.39 is 35.1 Å². The fourth-order valence-corrected chi connectivity index (χ4v) is 3.45. The molecule has 1 fully saturated rings. The Morgan fingerprint density at radius 3 is 2.69 bits per heavy atom. The van der Waals surface area contributed by atoms with Gasteiger partial charge in [0, 0.05) is 13.2 Å². The molecule has 2 N–H and O–H groups in total. The molecule has 0 unspecified atom stereocenters. The topological polar surface area (TPSA) is 111 Å². The van der Waals surface area contributed by atoms with Crippen LogP contribution in [0.1, 0.15) is 24.0 Å². The van der Waals surface area contributed by atoms with E-state index in [0.29, 0.717) is 13.2 Å². The maximum Gasteiger partial charge on any atom is 0.321 e. The summed E-state index contributed by atoms with van der Waals surface area (Å²) in [7, 11) is -3.82. The first kappa shape index (κ1) is 20.3. The third-order valence-corrected chi connectivity index (χ3v) is 5.51. The van der Waals surface area contributed by atoms with Crippen LogP contribution in [0.15, 0.2) is 23.1 Å². The van der Waals surface area contributed by atoms with Gasteiger partial charge in [-0.2, -0.15) is 4.72 Å². The quantitative estimate of drug-likeness (QED) is 0.629. The Hall–Kier alpha value is -1.97. The van der Waals surface area contributed by atoms with Crippen molar-refractivity contribution in [1.82, 2.24) is 10.0 Å². The van der Waals surface area contributed by atoms with Gasteiger partial charge < -0.3 is 14.8 Å². The van der Waals surface area contributed by atoms with Gasteiger partial charge in [0.25, 0.3) is 5.91 Å². The molecular weight excluding hydrogens is 360 g/mol. The molecule has 0 radical (unpaired) electrons. The summed E-state index contributed by atoms with van der Waals surface area (Å²) in [5, 5.41) is 2.61. The van der Waals surface area contributed by atoms with Gasteiger partial charge in [-0.05, 0) is 49.9 Å². The lowest BCUT2D eigenvalue weighted by atomic mass is 10.1. The van der Waals surface area contributed by atoms with Crippen molar-refractivity contribution in [2.75, 3.05) is 26.3 Å². The number of sulfonamides is 1.